The number of rotatable bonds is 76. The maximum Gasteiger partial charge on any atom is 0.472 e. The molecule has 0 aliphatic rings. The van der Waals surface area contributed by atoms with E-state index in [0.29, 0.717) is 32.1 Å². The molecule has 598 valence electrons. The quantitative estimate of drug-likeness (QED) is 0.0169. The predicted octanol–water partition coefficient (Wildman–Crippen LogP) is 23.9. The van der Waals surface area contributed by atoms with E-state index in [4.69, 9.17) is 37.0 Å². The van der Waals surface area contributed by atoms with Gasteiger partial charge in [-0.15, -0.1) is 0 Å². The van der Waals surface area contributed by atoms with Crippen LogP contribution in [-0.4, -0.2) is 96.7 Å². The van der Waals surface area contributed by atoms with E-state index in [1.165, 1.54) is 96.3 Å². The molecule has 0 spiro atoms. The van der Waals surface area contributed by atoms with Crippen molar-refractivity contribution in [2.75, 3.05) is 39.6 Å². The molecule has 104 heavy (non-hydrogen) atoms. The Balaban J connectivity index is 5.44. The van der Waals surface area contributed by atoms with Crippen molar-refractivity contribution < 1.29 is 80.2 Å². The molecule has 0 saturated heterocycles. The van der Waals surface area contributed by atoms with Gasteiger partial charge in [0.05, 0.1) is 26.4 Å². The average Bonchev–Trinajstić information content (AvgIpc) is 0.918. The van der Waals surface area contributed by atoms with Crippen LogP contribution in [0.4, 0.5) is 0 Å². The maximum atomic E-state index is 13.1. The zero-order valence-electron chi connectivity index (χ0n) is 65.4. The highest BCUT2D eigenvalue weighted by Gasteiger charge is 2.30. The highest BCUT2D eigenvalue weighted by atomic mass is 31.2. The lowest BCUT2D eigenvalue weighted by atomic mass is 10.1. The van der Waals surface area contributed by atoms with Gasteiger partial charge in [0.15, 0.2) is 12.2 Å². The molecule has 0 aromatic carbocycles. The molecular weight excluding hydrogens is 1350 g/mol. The van der Waals surface area contributed by atoms with E-state index in [0.717, 1.165) is 154 Å². The summed E-state index contributed by atoms with van der Waals surface area (Å²) in [6.45, 7) is 4.63. The first-order chi connectivity index (χ1) is 50.7. The summed E-state index contributed by atoms with van der Waals surface area (Å²) in [5, 5.41) is 10.6. The Hall–Kier alpha value is -4.54. The number of ether oxygens (including phenoxy) is 4. The highest BCUT2D eigenvalue weighted by molar-refractivity contribution is 7.47. The smallest absolute Gasteiger partial charge is 0.462 e. The molecule has 3 unspecified atom stereocenters. The number of aliphatic hydroxyl groups excluding tert-OH is 1. The van der Waals surface area contributed by atoms with Crippen LogP contribution in [0.25, 0.3) is 0 Å². The fraction of sp³-hybridized carbons (Fsp3) is 0.718. The van der Waals surface area contributed by atoms with E-state index in [1.807, 2.05) is 18.2 Å². The van der Waals surface area contributed by atoms with E-state index >= 15 is 0 Å². The molecule has 0 heterocycles. The highest BCUT2D eigenvalue weighted by Crippen LogP contribution is 2.45. The zero-order valence-corrected chi connectivity index (χ0v) is 67.2. The van der Waals surface area contributed by atoms with Gasteiger partial charge in [-0.3, -0.25) is 37.3 Å². The molecule has 0 aliphatic heterocycles. The van der Waals surface area contributed by atoms with Crippen LogP contribution in [-0.2, 0) is 65.4 Å². The van der Waals surface area contributed by atoms with Gasteiger partial charge in [0.2, 0.25) is 0 Å². The Morgan fingerprint density at radius 1 is 0.279 bits per heavy atom. The van der Waals surface area contributed by atoms with Gasteiger partial charge < -0.3 is 33.8 Å². The van der Waals surface area contributed by atoms with E-state index in [9.17, 15) is 43.2 Å². The van der Waals surface area contributed by atoms with Crippen LogP contribution in [0.3, 0.4) is 0 Å². The first-order valence-electron chi connectivity index (χ1n) is 40.8. The summed E-state index contributed by atoms with van der Waals surface area (Å²) in [6.07, 6.45) is 84.7. The number of unbranched alkanes of at least 4 members (excludes halogenated alkanes) is 30. The topological polar surface area (TPSA) is 237 Å². The number of allylic oxidation sites excluding steroid dienone is 20. The number of phosphoric ester groups is 2. The van der Waals surface area contributed by atoms with E-state index in [2.05, 4.69) is 131 Å². The molecule has 5 atom stereocenters. The summed E-state index contributed by atoms with van der Waals surface area (Å²) in [6, 6.07) is 0. The van der Waals surface area contributed by atoms with Gasteiger partial charge >= 0.3 is 39.5 Å². The second kappa shape index (κ2) is 76.6. The molecule has 0 aliphatic carbocycles. The maximum absolute atomic E-state index is 13.1. The normalized spacial score (nSPS) is 14.5. The van der Waals surface area contributed by atoms with Crippen molar-refractivity contribution >= 4 is 39.5 Å². The molecule has 0 amide bonds. The molecule has 0 aromatic heterocycles. The third-order valence-electron chi connectivity index (χ3n) is 16.9. The molecule has 3 N–H and O–H groups in total. The Labute approximate surface area is 632 Å². The summed E-state index contributed by atoms with van der Waals surface area (Å²) in [5.74, 6) is -2.30. The lowest BCUT2D eigenvalue weighted by Gasteiger charge is -2.21. The lowest BCUT2D eigenvalue weighted by molar-refractivity contribution is -0.161. The van der Waals surface area contributed by atoms with Gasteiger partial charge in [0.25, 0.3) is 0 Å². The zero-order chi connectivity index (χ0) is 76.0. The number of carbonyl (C=O) groups excluding carboxylic acids is 4. The Kier molecular flexibility index (Phi) is 73.3. The molecule has 0 radical (unpaired) electrons. The van der Waals surface area contributed by atoms with Gasteiger partial charge in [-0.2, -0.15) is 0 Å². The number of aliphatic hydroxyl groups is 1. The molecule has 0 bridgehead atoms. The summed E-state index contributed by atoms with van der Waals surface area (Å²) < 4.78 is 68.6. The molecule has 19 heteroatoms. The fourth-order valence-electron chi connectivity index (χ4n) is 10.7. The molecule has 0 rings (SSSR count). The van der Waals surface area contributed by atoms with Gasteiger partial charge in [0, 0.05) is 25.7 Å². The van der Waals surface area contributed by atoms with Crippen molar-refractivity contribution in [1.82, 2.24) is 0 Å². The van der Waals surface area contributed by atoms with E-state index in [1.54, 1.807) is 0 Å². The number of hydrogen-bond donors (Lipinski definition) is 3. The minimum absolute atomic E-state index is 0.0309. The summed E-state index contributed by atoms with van der Waals surface area (Å²) >= 11 is 0. The van der Waals surface area contributed by atoms with Crippen molar-refractivity contribution in [3.63, 3.8) is 0 Å². The summed E-state index contributed by atoms with van der Waals surface area (Å²) in [7, 11) is -9.99. The van der Waals surface area contributed by atoms with Crippen molar-refractivity contribution in [2.24, 2.45) is 0 Å². The summed E-state index contributed by atoms with van der Waals surface area (Å²) in [4.78, 5) is 73.0. The minimum atomic E-state index is -5.00. The van der Waals surface area contributed by atoms with Crippen LogP contribution in [0, 0.1) is 0 Å². The van der Waals surface area contributed by atoms with Crippen LogP contribution in [0.2, 0.25) is 0 Å². The minimum Gasteiger partial charge on any atom is -0.462 e. The Morgan fingerprint density at radius 3 is 0.856 bits per heavy atom. The second-order valence-corrected chi connectivity index (χ2v) is 29.9. The van der Waals surface area contributed by atoms with Crippen molar-refractivity contribution in [3.8, 4) is 0 Å². The standard InChI is InChI=1S/C85H146O17P2/c1-5-9-13-17-21-25-29-33-37-38-39-40-44-46-50-54-58-62-66-70-83(88)96-76-81(102-85(90)72-68-64-60-56-52-48-43-36-32-28-24-20-16-12-8-4)78-100-104(93,94)98-74-79(86)73-97-103(91,92)99-77-80(101-84(89)71-67-63-59-55-51-47-42-35-31-27-23-19-15-11-7-3)75-95-82(87)69-65-61-57-53-49-45-41-34-30-26-22-18-14-10-6-2/h9,13,21,24-25,28,33-37,39-43,46,50,58,62,79-81,86H,5-8,10-12,14-20,22-23,26-27,29-32,38,44-45,47-49,51-57,59-61,63-78H2,1-4H3,(H,91,92)(H,93,94)/t79?,80-,81-/m1/s1. The second-order valence-electron chi connectivity index (χ2n) is 27.0. The van der Waals surface area contributed by atoms with Crippen LogP contribution >= 0.6 is 15.6 Å². The van der Waals surface area contributed by atoms with Crippen molar-refractivity contribution in [2.45, 2.75) is 354 Å². The number of esters is 4. The Morgan fingerprint density at radius 2 is 0.519 bits per heavy atom. The van der Waals surface area contributed by atoms with E-state index in [-0.39, 0.29) is 25.7 Å². The van der Waals surface area contributed by atoms with E-state index < -0.39 is 97.5 Å². The average molecular weight is 1500 g/mol. The van der Waals surface area contributed by atoms with Crippen molar-refractivity contribution in [1.29, 1.82) is 0 Å². The van der Waals surface area contributed by atoms with Crippen LogP contribution in [0.15, 0.2) is 122 Å². The first-order valence-corrected chi connectivity index (χ1v) is 43.8. The van der Waals surface area contributed by atoms with Gasteiger partial charge in [0.1, 0.15) is 19.3 Å². The van der Waals surface area contributed by atoms with Crippen LogP contribution in [0.5, 0.6) is 0 Å². The van der Waals surface area contributed by atoms with Crippen LogP contribution < -0.4 is 0 Å². The van der Waals surface area contributed by atoms with Gasteiger partial charge in [-0.1, -0.05) is 284 Å². The first kappa shape index (κ1) is 99.5. The monoisotopic (exact) mass is 1500 g/mol. The third kappa shape index (κ3) is 75.7. The molecule has 0 saturated carbocycles. The largest absolute Gasteiger partial charge is 0.472 e. The number of hydrogen-bond acceptors (Lipinski definition) is 15. The van der Waals surface area contributed by atoms with Crippen LogP contribution in [0.1, 0.15) is 336 Å². The summed E-state index contributed by atoms with van der Waals surface area (Å²) in [5.41, 5.74) is 0. The molecule has 0 fully saturated rings. The molecular formula is C85H146O17P2. The van der Waals surface area contributed by atoms with Gasteiger partial charge in [-0.25, -0.2) is 9.13 Å². The predicted molar refractivity (Wildman–Crippen MR) is 427 cm³/mol. The SMILES string of the molecule is CCC=CCC=CCC=CCC=CCC=CCC=CCCC(=O)OC[C@H](COP(=O)(O)OCC(O)COP(=O)(O)OC[C@@H](COC(=O)CCCCCCCC=CCCCCCCCC)OC(=O)CCCCCCCC=CCCCCCCCC)OC(=O)CCCCCCCC=CCC=CCCCCC. The molecule has 17 nitrogen and oxygen atoms in total. The Bertz CT molecular complexity index is 2440. The molecule has 0 aromatic rings. The lowest BCUT2D eigenvalue weighted by Crippen LogP contribution is -2.30. The number of phosphoric acid groups is 2. The fourth-order valence-corrected chi connectivity index (χ4v) is 12.3. The van der Waals surface area contributed by atoms with Crippen molar-refractivity contribution in [3.05, 3.63) is 122 Å². The third-order valence-corrected chi connectivity index (χ3v) is 18.8. The number of carbonyl (C=O) groups is 4. The van der Waals surface area contributed by atoms with Gasteiger partial charge in [-0.05, 0) is 148 Å².